The van der Waals surface area contributed by atoms with Gasteiger partial charge in [0.2, 0.25) is 11.9 Å². The minimum atomic E-state index is -0.0605. The number of hydrogen-bond donors (Lipinski definition) is 3. The van der Waals surface area contributed by atoms with E-state index in [4.69, 9.17) is 30.9 Å². The number of rotatable bonds is 12. The number of aliphatic imine (C=N–C) groups is 1. The molecule has 62 heavy (non-hydrogen) atoms. The Morgan fingerprint density at radius 2 is 1.81 bits per heavy atom. The summed E-state index contributed by atoms with van der Waals surface area (Å²) >= 11 is 0. The number of benzene rings is 2. The number of aromatic nitrogens is 10. The van der Waals surface area contributed by atoms with Gasteiger partial charge >= 0.3 is 0 Å². The van der Waals surface area contributed by atoms with Gasteiger partial charge in [-0.05, 0) is 55.5 Å². The van der Waals surface area contributed by atoms with E-state index < -0.39 is 0 Å². The Morgan fingerprint density at radius 3 is 2.63 bits per heavy atom. The summed E-state index contributed by atoms with van der Waals surface area (Å²) in [5.74, 6) is 0.934. The Kier molecular flexibility index (Phi) is 10.6. The maximum atomic E-state index is 12.2. The molecule has 0 spiro atoms. The first kappa shape index (κ1) is 39.9. The molecular formula is C46H49N15O. The number of fused-ring (bicyclic) bond motifs is 6. The van der Waals surface area contributed by atoms with Crippen LogP contribution in [0.4, 0.5) is 17.6 Å². The Bertz CT molecular complexity index is 2900. The average Bonchev–Trinajstić information content (AvgIpc) is 3.94. The zero-order chi connectivity index (χ0) is 43.1. The van der Waals surface area contributed by atoms with Gasteiger partial charge < -0.3 is 21.3 Å². The molecule has 9 rings (SSSR count). The predicted octanol–water partition coefficient (Wildman–Crippen LogP) is 5.56. The Labute approximate surface area is 359 Å². The summed E-state index contributed by atoms with van der Waals surface area (Å²) in [6.07, 6.45) is 13.7. The lowest BCUT2D eigenvalue weighted by atomic mass is 9.79. The van der Waals surface area contributed by atoms with Crippen molar-refractivity contribution in [2.75, 3.05) is 26.0 Å². The lowest BCUT2D eigenvalue weighted by Crippen LogP contribution is -2.26. The van der Waals surface area contributed by atoms with E-state index in [0.29, 0.717) is 30.3 Å². The normalized spacial score (nSPS) is 14.3. The monoisotopic (exact) mass is 827 g/mol. The highest BCUT2D eigenvalue weighted by Crippen LogP contribution is 2.46. The smallest absolute Gasteiger partial charge is 0.251 e. The van der Waals surface area contributed by atoms with Crippen LogP contribution in [0.25, 0.3) is 33.8 Å². The molecule has 0 radical (unpaired) electrons. The molecule has 0 saturated heterocycles. The van der Waals surface area contributed by atoms with Crippen molar-refractivity contribution in [3.63, 3.8) is 0 Å². The van der Waals surface area contributed by atoms with Crippen molar-refractivity contribution in [2.24, 2.45) is 24.8 Å². The van der Waals surface area contributed by atoms with Gasteiger partial charge in [-0.2, -0.15) is 20.3 Å². The molecule has 0 fully saturated rings. The van der Waals surface area contributed by atoms with Crippen LogP contribution in [-0.2, 0) is 51.1 Å². The Balaban J connectivity index is 1.05. The largest absolute Gasteiger partial charge is 0.391 e. The Hall–Kier alpha value is -7.49. The van der Waals surface area contributed by atoms with Crippen molar-refractivity contribution >= 4 is 29.3 Å². The molecular weight excluding hydrogens is 779 g/mol. The van der Waals surface area contributed by atoms with Crippen LogP contribution < -0.4 is 16.4 Å². The molecule has 1 amide bonds. The SMILES string of the molecule is CCN/C=C\C(N)=N/c1ncc2c(n1)-c1c(nn(C)c1-c1cccc(C)c1)CC2c1cccc(Cc2c3c(nn2C)CCc2cnc(Nc4cnn(CC(=O)N(C)C)c4)nc2-3)c1. The number of anilines is 2. The highest BCUT2D eigenvalue weighted by molar-refractivity contribution is 5.93. The fraction of sp³-hybridized carbons (Fsp3) is 0.283. The van der Waals surface area contributed by atoms with Crippen molar-refractivity contribution in [1.82, 2.24) is 59.5 Å². The summed E-state index contributed by atoms with van der Waals surface area (Å²) < 4.78 is 5.56. The summed E-state index contributed by atoms with van der Waals surface area (Å²) in [5, 5.41) is 20.9. The van der Waals surface area contributed by atoms with Gasteiger partial charge in [-0.3, -0.25) is 18.8 Å². The molecule has 0 aliphatic heterocycles. The van der Waals surface area contributed by atoms with Crippen LogP contribution in [0.1, 0.15) is 57.7 Å². The molecule has 314 valence electrons. The van der Waals surface area contributed by atoms with E-state index in [-0.39, 0.29) is 24.3 Å². The number of amidine groups is 1. The molecule has 2 aliphatic carbocycles. The first-order chi connectivity index (χ1) is 30.0. The van der Waals surface area contributed by atoms with Crippen LogP contribution in [0.15, 0.2) is 90.6 Å². The topological polar surface area (TPSA) is 188 Å². The summed E-state index contributed by atoms with van der Waals surface area (Å²) in [6, 6.07) is 17.2. The fourth-order valence-corrected chi connectivity index (χ4v) is 8.43. The number of aryl methyl sites for hydroxylation is 5. The van der Waals surface area contributed by atoms with Crippen molar-refractivity contribution in [3.05, 3.63) is 130 Å². The van der Waals surface area contributed by atoms with Crippen molar-refractivity contribution in [3.8, 4) is 33.8 Å². The van der Waals surface area contributed by atoms with Crippen LogP contribution in [-0.4, -0.2) is 86.6 Å². The van der Waals surface area contributed by atoms with Crippen LogP contribution >= 0.6 is 0 Å². The van der Waals surface area contributed by atoms with E-state index >= 15 is 0 Å². The number of carbonyl (C=O) groups excluding carboxylic acids is 1. The maximum absolute atomic E-state index is 12.2. The molecule has 2 aromatic carbocycles. The standard InChI is InChI=1S/C46H49N15O/c1-7-48-17-16-38(47)53-46-50-24-34-33(21-36-41(43(34)55-46)44(60(6)57-36)30-13-8-10-27(2)18-30)29-12-9-11-28(19-29)20-37-40-35(56-59(37)5)15-14-31-22-49-45(54-42(31)40)52-32-23-51-61(25-32)26-39(62)58(3)4/h8-13,16-19,22-25,33,48H,7,14-15,20-21,26H2,1-6H3,(H,49,52,54)(H2,47,50,53,55)/b17-16-. The van der Waals surface area contributed by atoms with Crippen molar-refractivity contribution < 1.29 is 4.79 Å². The van der Waals surface area contributed by atoms with Gasteiger partial charge in [0, 0.05) is 101 Å². The van der Waals surface area contributed by atoms with Gasteiger partial charge in [0.15, 0.2) is 0 Å². The first-order valence-corrected chi connectivity index (χ1v) is 20.8. The zero-order valence-corrected chi connectivity index (χ0v) is 35.8. The van der Waals surface area contributed by atoms with Gasteiger partial charge in [-0.1, -0.05) is 48.0 Å². The Morgan fingerprint density at radius 1 is 0.968 bits per heavy atom. The minimum absolute atomic E-state index is 0.0471. The van der Waals surface area contributed by atoms with E-state index in [1.54, 1.807) is 48.3 Å². The van der Waals surface area contributed by atoms with Gasteiger partial charge in [-0.25, -0.2) is 19.9 Å². The second-order valence-corrected chi connectivity index (χ2v) is 16.0. The summed E-state index contributed by atoms with van der Waals surface area (Å²) in [7, 11) is 7.46. The summed E-state index contributed by atoms with van der Waals surface area (Å²) in [5.41, 5.74) is 21.4. The molecule has 7 aromatic rings. The van der Waals surface area contributed by atoms with Gasteiger partial charge in [0.05, 0.1) is 46.0 Å². The van der Waals surface area contributed by atoms with Gasteiger partial charge in [0.25, 0.3) is 5.95 Å². The summed E-state index contributed by atoms with van der Waals surface area (Å²) in [4.78, 5) is 37.9. The van der Waals surface area contributed by atoms with E-state index in [9.17, 15) is 4.79 Å². The predicted molar refractivity (Wildman–Crippen MR) is 239 cm³/mol. The molecule has 5 heterocycles. The molecule has 5 aromatic heterocycles. The number of nitrogens with two attached hydrogens (primary N) is 1. The minimum Gasteiger partial charge on any atom is -0.391 e. The molecule has 2 aliphatic rings. The molecule has 16 heteroatoms. The lowest BCUT2D eigenvalue weighted by molar-refractivity contribution is -0.129. The molecule has 0 saturated carbocycles. The highest BCUT2D eigenvalue weighted by atomic mass is 16.2. The quantitative estimate of drug-likeness (QED) is 0.103. The van der Waals surface area contributed by atoms with Crippen LogP contribution in [0, 0.1) is 6.92 Å². The van der Waals surface area contributed by atoms with E-state index in [1.165, 1.54) is 5.56 Å². The number of amides is 1. The van der Waals surface area contributed by atoms with Gasteiger partial charge in [-0.15, -0.1) is 0 Å². The second-order valence-electron chi connectivity index (χ2n) is 16.0. The number of nitrogens with one attached hydrogen (secondary N) is 2. The zero-order valence-electron chi connectivity index (χ0n) is 35.8. The number of likely N-dealkylation sites (N-methyl/N-ethyl adjacent to an activating group) is 1. The molecule has 0 bridgehead atoms. The number of carbonyl (C=O) groups is 1. The van der Waals surface area contributed by atoms with E-state index in [2.05, 4.69) is 81.2 Å². The summed E-state index contributed by atoms with van der Waals surface area (Å²) in [6.45, 7) is 5.03. The molecule has 1 unspecified atom stereocenters. The molecule has 16 nitrogen and oxygen atoms in total. The van der Waals surface area contributed by atoms with Crippen molar-refractivity contribution in [2.45, 2.75) is 52.0 Å². The molecule has 4 N–H and O–H groups in total. The molecule has 1 atom stereocenters. The number of hydrogen-bond acceptors (Lipinski definition) is 11. The van der Waals surface area contributed by atoms with E-state index in [0.717, 1.165) is 92.5 Å². The first-order valence-electron chi connectivity index (χ1n) is 20.8. The third kappa shape index (κ3) is 7.82. The maximum Gasteiger partial charge on any atom is 0.251 e. The number of nitrogens with zero attached hydrogens (tertiary/aromatic N) is 12. The highest BCUT2D eigenvalue weighted by Gasteiger charge is 2.34. The third-order valence-corrected chi connectivity index (χ3v) is 11.4. The van der Waals surface area contributed by atoms with E-state index in [1.807, 2.05) is 42.8 Å². The van der Waals surface area contributed by atoms with Crippen LogP contribution in [0.3, 0.4) is 0 Å². The fourth-order valence-electron chi connectivity index (χ4n) is 8.43. The second kappa shape index (κ2) is 16.5. The third-order valence-electron chi connectivity index (χ3n) is 11.4. The lowest BCUT2D eigenvalue weighted by Gasteiger charge is -2.25. The van der Waals surface area contributed by atoms with Gasteiger partial charge in [0.1, 0.15) is 12.4 Å². The van der Waals surface area contributed by atoms with Crippen LogP contribution in [0.2, 0.25) is 0 Å². The van der Waals surface area contributed by atoms with Crippen molar-refractivity contribution in [1.29, 1.82) is 0 Å². The average molecular weight is 828 g/mol. The van der Waals surface area contributed by atoms with Crippen LogP contribution in [0.5, 0.6) is 0 Å².